The topological polar surface area (TPSA) is 115 Å². The van der Waals surface area contributed by atoms with Crippen LogP contribution in [-0.2, 0) is 21.2 Å². The second kappa shape index (κ2) is 5.89. The molecule has 0 radical (unpaired) electrons. The van der Waals surface area contributed by atoms with Gasteiger partial charge < -0.3 is 11.1 Å². The minimum atomic E-state index is -3.82. The Hall–Kier alpha value is -1.44. The summed E-state index contributed by atoms with van der Waals surface area (Å²) < 4.78 is 23.4. The molecule has 6 nitrogen and oxygen atoms in total. The summed E-state index contributed by atoms with van der Waals surface area (Å²) in [7, 11) is -3.82. The SMILES string of the molecule is CCc1ccc(NC(=O)C2C3CCC(C3)C2N)cc1S(N)(=O)=O. The Morgan fingerprint density at radius 2 is 2.00 bits per heavy atom. The van der Waals surface area contributed by atoms with E-state index < -0.39 is 10.0 Å². The van der Waals surface area contributed by atoms with Crippen LogP contribution in [-0.4, -0.2) is 20.4 Å². The molecule has 4 atom stereocenters. The summed E-state index contributed by atoms with van der Waals surface area (Å²) >= 11 is 0. The Kier molecular flexibility index (Phi) is 4.20. The summed E-state index contributed by atoms with van der Waals surface area (Å²) in [5.74, 6) is 0.493. The minimum Gasteiger partial charge on any atom is -0.327 e. The van der Waals surface area contributed by atoms with Gasteiger partial charge in [-0.1, -0.05) is 13.0 Å². The maximum absolute atomic E-state index is 12.6. The third-order valence-electron chi connectivity index (χ3n) is 5.31. The molecule has 7 heteroatoms. The molecule has 0 heterocycles. The molecule has 1 aromatic carbocycles. The van der Waals surface area contributed by atoms with E-state index in [1.807, 2.05) is 6.92 Å². The van der Waals surface area contributed by atoms with E-state index in [2.05, 4.69) is 5.32 Å². The van der Waals surface area contributed by atoms with Crippen LogP contribution in [0.15, 0.2) is 23.1 Å². The number of nitrogens with two attached hydrogens (primary N) is 2. The van der Waals surface area contributed by atoms with Crippen LogP contribution in [0.1, 0.15) is 31.7 Å². The predicted molar refractivity (Wildman–Crippen MR) is 88.1 cm³/mol. The van der Waals surface area contributed by atoms with Crippen LogP contribution in [0.3, 0.4) is 0 Å². The van der Waals surface area contributed by atoms with E-state index in [-0.39, 0.29) is 22.8 Å². The van der Waals surface area contributed by atoms with E-state index in [0.717, 1.165) is 19.3 Å². The number of benzene rings is 1. The zero-order valence-electron chi connectivity index (χ0n) is 13.2. The molecule has 1 aromatic rings. The van der Waals surface area contributed by atoms with E-state index in [0.29, 0.717) is 29.5 Å². The molecule has 0 saturated heterocycles. The van der Waals surface area contributed by atoms with Gasteiger partial charge in [-0.3, -0.25) is 4.79 Å². The van der Waals surface area contributed by atoms with Crippen molar-refractivity contribution in [2.45, 2.75) is 43.5 Å². The van der Waals surface area contributed by atoms with Crippen LogP contribution in [0.5, 0.6) is 0 Å². The first-order valence-corrected chi connectivity index (χ1v) is 9.58. The molecule has 23 heavy (non-hydrogen) atoms. The molecule has 0 spiro atoms. The van der Waals surface area contributed by atoms with Gasteiger partial charge in [0.1, 0.15) is 0 Å². The molecule has 4 unspecified atom stereocenters. The third kappa shape index (κ3) is 3.00. The Balaban J connectivity index is 1.82. The normalized spacial score (nSPS) is 29.7. The number of hydrogen-bond donors (Lipinski definition) is 3. The lowest BCUT2D eigenvalue weighted by atomic mass is 9.84. The number of aryl methyl sites for hydroxylation is 1. The largest absolute Gasteiger partial charge is 0.327 e. The number of hydrogen-bond acceptors (Lipinski definition) is 4. The standard InChI is InChI=1S/C16H23N3O3S/c1-2-9-5-6-12(8-13(9)23(18,21)22)19-16(20)14-10-3-4-11(7-10)15(14)17/h5-6,8,10-11,14-15H,2-4,7,17H2,1H3,(H,19,20)(H2,18,21,22). The zero-order chi connectivity index (χ0) is 16.8. The monoisotopic (exact) mass is 337 g/mol. The van der Waals surface area contributed by atoms with Gasteiger partial charge in [-0.15, -0.1) is 0 Å². The lowest BCUT2D eigenvalue weighted by Gasteiger charge is -2.27. The van der Waals surface area contributed by atoms with Crippen molar-refractivity contribution in [2.75, 3.05) is 5.32 Å². The van der Waals surface area contributed by atoms with Gasteiger partial charge in [-0.25, -0.2) is 13.6 Å². The first kappa shape index (κ1) is 16.4. The Morgan fingerprint density at radius 1 is 1.30 bits per heavy atom. The van der Waals surface area contributed by atoms with Crippen molar-refractivity contribution in [1.29, 1.82) is 0 Å². The highest BCUT2D eigenvalue weighted by Gasteiger charge is 2.49. The lowest BCUT2D eigenvalue weighted by molar-refractivity contribution is -0.121. The second-order valence-electron chi connectivity index (χ2n) is 6.65. The molecule has 2 aliphatic carbocycles. The number of anilines is 1. The number of primary sulfonamides is 1. The van der Waals surface area contributed by atoms with Gasteiger partial charge in [0.05, 0.1) is 10.8 Å². The zero-order valence-corrected chi connectivity index (χ0v) is 14.0. The Morgan fingerprint density at radius 3 is 2.57 bits per heavy atom. The maximum atomic E-state index is 12.6. The minimum absolute atomic E-state index is 0.0649. The van der Waals surface area contributed by atoms with Crippen molar-refractivity contribution >= 4 is 21.6 Å². The molecule has 5 N–H and O–H groups in total. The fraction of sp³-hybridized carbons (Fsp3) is 0.562. The number of amides is 1. The average Bonchev–Trinajstić information content (AvgIpc) is 3.07. The van der Waals surface area contributed by atoms with E-state index in [9.17, 15) is 13.2 Å². The lowest BCUT2D eigenvalue weighted by Crippen LogP contribution is -2.42. The fourth-order valence-corrected chi connectivity index (χ4v) is 5.01. The van der Waals surface area contributed by atoms with Crippen molar-refractivity contribution in [3.05, 3.63) is 23.8 Å². The molecule has 1 amide bonds. The Bertz CT molecular complexity index is 730. The highest BCUT2D eigenvalue weighted by atomic mass is 32.2. The number of rotatable bonds is 4. The van der Waals surface area contributed by atoms with Crippen LogP contribution >= 0.6 is 0 Å². The van der Waals surface area contributed by atoms with Crippen LogP contribution in [0.2, 0.25) is 0 Å². The van der Waals surface area contributed by atoms with E-state index in [1.165, 1.54) is 6.07 Å². The summed E-state index contributed by atoms with van der Waals surface area (Å²) in [6, 6.07) is 4.74. The van der Waals surface area contributed by atoms with Gasteiger partial charge in [0.15, 0.2) is 0 Å². The highest BCUT2D eigenvalue weighted by molar-refractivity contribution is 7.89. The third-order valence-corrected chi connectivity index (χ3v) is 6.30. The van der Waals surface area contributed by atoms with E-state index in [4.69, 9.17) is 10.9 Å². The highest BCUT2D eigenvalue weighted by Crippen LogP contribution is 2.47. The Labute approximate surface area is 136 Å². The maximum Gasteiger partial charge on any atom is 0.238 e. The summed E-state index contributed by atoms with van der Waals surface area (Å²) in [4.78, 5) is 12.6. The molecule has 2 saturated carbocycles. The summed E-state index contributed by atoms with van der Waals surface area (Å²) in [5, 5.41) is 8.09. The number of sulfonamides is 1. The van der Waals surface area contributed by atoms with Crippen molar-refractivity contribution < 1.29 is 13.2 Å². The second-order valence-corrected chi connectivity index (χ2v) is 8.18. The van der Waals surface area contributed by atoms with Crippen molar-refractivity contribution in [3.8, 4) is 0 Å². The van der Waals surface area contributed by atoms with Crippen LogP contribution in [0, 0.1) is 17.8 Å². The van der Waals surface area contributed by atoms with Crippen LogP contribution in [0.25, 0.3) is 0 Å². The first-order chi connectivity index (χ1) is 10.8. The van der Waals surface area contributed by atoms with E-state index >= 15 is 0 Å². The molecule has 126 valence electrons. The van der Waals surface area contributed by atoms with Gasteiger partial charge in [0.25, 0.3) is 0 Å². The number of nitrogens with one attached hydrogen (secondary N) is 1. The van der Waals surface area contributed by atoms with Gasteiger partial charge in [0.2, 0.25) is 15.9 Å². The molecule has 0 aromatic heterocycles. The van der Waals surface area contributed by atoms with Gasteiger partial charge in [-0.2, -0.15) is 0 Å². The number of carbonyl (C=O) groups excluding carboxylic acids is 1. The molecular formula is C16H23N3O3S. The molecule has 2 fully saturated rings. The van der Waals surface area contributed by atoms with Crippen molar-refractivity contribution in [3.63, 3.8) is 0 Å². The quantitative estimate of drug-likeness (QED) is 0.766. The average molecular weight is 337 g/mol. The summed E-state index contributed by atoms with van der Waals surface area (Å²) in [6.07, 6.45) is 3.73. The van der Waals surface area contributed by atoms with Crippen LogP contribution in [0.4, 0.5) is 5.69 Å². The fourth-order valence-electron chi connectivity index (χ4n) is 4.14. The van der Waals surface area contributed by atoms with Gasteiger partial charge in [0, 0.05) is 11.7 Å². The van der Waals surface area contributed by atoms with Crippen LogP contribution < -0.4 is 16.2 Å². The molecule has 3 rings (SSSR count). The van der Waals surface area contributed by atoms with E-state index in [1.54, 1.807) is 12.1 Å². The molecular weight excluding hydrogens is 314 g/mol. The smallest absolute Gasteiger partial charge is 0.238 e. The number of carbonyl (C=O) groups is 1. The van der Waals surface area contributed by atoms with Crippen molar-refractivity contribution in [1.82, 2.24) is 0 Å². The summed E-state index contributed by atoms with van der Waals surface area (Å²) in [5.41, 5.74) is 7.28. The molecule has 0 aliphatic heterocycles. The molecule has 2 aliphatic rings. The summed E-state index contributed by atoms with van der Waals surface area (Å²) in [6.45, 7) is 1.86. The first-order valence-electron chi connectivity index (χ1n) is 8.03. The molecule has 2 bridgehead atoms. The number of fused-ring (bicyclic) bond motifs is 2. The van der Waals surface area contributed by atoms with Gasteiger partial charge in [-0.05, 0) is 55.2 Å². The predicted octanol–water partition coefficient (Wildman–Crippen LogP) is 1.21. The van der Waals surface area contributed by atoms with Gasteiger partial charge >= 0.3 is 0 Å². The van der Waals surface area contributed by atoms with Crippen molar-refractivity contribution in [2.24, 2.45) is 28.6 Å².